The normalized spacial score (nSPS) is 9.42. The third kappa shape index (κ3) is 3.86. The van der Waals surface area contributed by atoms with E-state index in [0.29, 0.717) is 5.56 Å². The zero-order chi connectivity index (χ0) is 13.5. The number of nitrogens with one attached hydrogen (secondary N) is 2. The molecule has 2 N–H and O–H groups in total. The molecule has 19 heavy (non-hydrogen) atoms. The molecule has 1 amide bonds. The third-order valence-electron chi connectivity index (χ3n) is 2.52. The van der Waals surface area contributed by atoms with E-state index in [1.54, 1.807) is 24.3 Å². The summed E-state index contributed by atoms with van der Waals surface area (Å²) in [4.78, 5) is 11.7. The smallest absolute Gasteiger partial charge is 0.243 e. The molecule has 0 radical (unpaired) electrons. The molecule has 0 unspecified atom stereocenters. The summed E-state index contributed by atoms with van der Waals surface area (Å²) in [5.74, 6) is -0.115. The number of nitriles is 1. The Morgan fingerprint density at radius 1 is 1.00 bits per heavy atom. The van der Waals surface area contributed by atoms with Crippen molar-refractivity contribution in [3.8, 4) is 6.07 Å². The monoisotopic (exact) mass is 251 g/mol. The lowest BCUT2D eigenvalue weighted by atomic mass is 10.2. The van der Waals surface area contributed by atoms with Crippen LogP contribution < -0.4 is 10.6 Å². The van der Waals surface area contributed by atoms with Crippen LogP contribution in [-0.4, -0.2) is 12.5 Å². The van der Waals surface area contributed by atoms with Crippen LogP contribution in [0, 0.1) is 11.3 Å². The molecular formula is C15H13N3O. The lowest BCUT2D eigenvalue weighted by molar-refractivity contribution is -0.114. The molecule has 0 atom stereocenters. The van der Waals surface area contributed by atoms with E-state index in [9.17, 15) is 4.79 Å². The molecule has 0 fully saturated rings. The number of para-hydroxylation sites is 1. The van der Waals surface area contributed by atoms with E-state index in [1.807, 2.05) is 36.4 Å². The van der Waals surface area contributed by atoms with Crippen molar-refractivity contribution < 1.29 is 4.79 Å². The van der Waals surface area contributed by atoms with Gasteiger partial charge in [0.15, 0.2) is 0 Å². The number of hydrogen-bond acceptors (Lipinski definition) is 3. The van der Waals surface area contributed by atoms with Crippen molar-refractivity contribution in [3.05, 3.63) is 60.2 Å². The maximum atomic E-state index is 11.7. The number of anilines is 2. The van der Waals surface area contributed by atoms with Crippen LogP contribution in [0.1, 0.15) is 5.56 Å². The van der Waals surface area contributed by atoms with E-state index in [-0.39, 0.29) is 12.5 Å². The summed E-state index contributed by atoms with van der Waals surface area (Å²) in [6, 6.07) is 18.3. The zero-order valence-corrected chi connectivity index (χ0v) is 10.3. The molecule has 0 saturated carbocycles. The molecule has 0 aromatic heterocycles. The minimum atomic E-state index is -0.115. The standard InChI is InChI=1S/C15H13N3O/c16-10-12-6-8-13(9-7-12)17-11-15(19)18-14-4-2-1-3-5-14/h1-9,17H,11H2,(H,18,19). The Labute approximate surface area is 111 Å². The highest BCUT2D eigenvalue weighted by Gasteiger charge is 2.01. The number of amides is 1. The van der Waals surface area contributed by atoms with Gasteiger partial charge in [0.1, 0.15) is 0 Å². The second kappa shape index (κ2) is 6.22. The van der Waals surface area contributed by atoms with E-state index in [2.05, 4.69) is 10.6 Å². The number of nitrogens with zero attached hydrogens (tertiary/aromatic N) is 1. The molecular weight excluding hydrogens is 238 g/mol. The van der Waals surface area contributed by atoms with Crippen molar-refractivity contribution >= 4 is 17.3 Å². The Morgan fingerprint density at radius 2 is 1.68 bits per heavy atom. The Bertz CT molecular complexity index is 585. The summed E-state index contributed by atoms with van der Waals surface area (Å²) in [7, 11) is 0. The van der Waals surface area contributed by atoms with E-state index < -0.39 is 0 Å². The fourth-order valence-electron chi connectivity index (χ4n) is 1.57. The van der Waals surface area contributed by atoms with Gasteiger partial charge in [0.25, 0.3) is 0 Å². The predicted octanol–water partition coefficient (Wildman–Crippen LogP) is 2.61. The van der Waals surface area contributed by atoms with Gasteiger partial charge < -0.3 is 10.6 Å². The Morgan fingerprint density at radius 3 is 2.32 bits per heavy atom. The van der Waals surface area contributed by atoms with Crippen molar-refractivity contribution in [1.29, 1.82) is 5.26 Å². The topological polar surface area (TPSA) is 64.9 Å². The van der Waals surface area contributed by atoms with Crippen LogP contribution in [-0.2, 0) is 4.79 Å². The van der Waals surface area contributed by atoms with Crippen LogP contribution in [0.4, 0.5) is 11.4 Å². The van der Waals surface area contributed by atoms with Gasteiger partial charge in [0.05, 0.1) is 18.2 Å². The minimum Gasteiger partial charge on any atom is -0.376 e. The molecule has 0 aliphatic rings. The summed E-state index contributed by atoms with van der Waals surface area (Å²) >= 11 is 0. The average molecular weight is 251 g/mol. The number of rotatable bonds is 4. The molecule has 4 nitrogen and oxygen atoms in total. The maximum Gasteiger partial charge on any atom is 0.243 e. The Balaban J connectivity index is 1.85. The van der Waals surface area contributed by atoms with E-state index in [0.717, 1.165) is 11.4 Å². The SMILES string of the molecule is N#Cc1ccc(NCC(=O)Nc2ccccc2)cc1. The summed E-state index contributed by atoms with van der Waals surface area (Å²) in [6.07, 6.45) is 0. The van der Waals surface area contributed by atoms with Crippen LogP contribution >= 0.6 is 0 Å². The van der Waals surface area contributed by atoms with Gasteiger partial charge in [0.2, 0.25) is 5.91 Å². The summed E-state index contributed by atoms with van der Waals surface area (Å²) in [5, 5.41) is 14.5. The van der Waals surface area contributed by atoms with E-state index >= 15 is 0 Å². The first kappa shape index (κ1) is 12.7. The third-order valence-corrected chi connectivity index (χ3v) is 2.52. The highest BCUT2D eigenvalue weighted by atomic mass is 16.1. The van der Waals surface area contributed by atoms with Gasteiger partial charge in [-0.05, 0) is 36.4 Å². The largest absolute Gasteiger partial charge is 0.376 e. The summed E-state index contributed by atoms with van der Waals surface area (Å²) in [5.41, 5.74) is 2.18. The Hall–Kier alpha value is -2.80. The second-order valence-electron chi connectivity index (χ2n) is 3.96. The van der Waals surface area contributed by atoms with Crippen LogP contribution in [0.5, 0.6) is 0 Å². The van der Waals surface area contributed by atoms with Crippen molar-refractivity contribution in [3.63, 3.8) is 0 Å². The highest BCUT2D eigenvalue weighted by molar-refractivity contribution is 5.93. The van der Waals surface area contributed by atoms with Gasteiger partial charge >= 0.3 is 0 Å². The van der Waals surface area contributed by atoms with E-state index in [1.165, 1.54) is 0 Å². The van der Waals surface area contributed by atoms with Gasteiger partial charge in [-0.2, -0.15) is 5.26 Å². The van der Waals surface area contributed by atoms with Gasteiger partial charge in [-0.3, -0.25) is 4.79 Å². The molecule has 0 aliphatic carbocycles. The fraction of sp³-hybridized carbons (Fsp3) is 0.0667. The average Bonchev–Trinajstić information content (AvgIpc) is 2.47. The van der Waals surface area contributed by atoms with Gasteiger partial charge in [0, 0.05) is 11.4 Å². The van der Waals surface area contributed by atoms with Crippen molar-refractivity contribution in [2.24, 2.45) is 0 Å². The summed E-state index contributed by atoms with van der Waals surface area (Å²) < 4.78 is 0. The molecule has 2 rings (SSSR count). The van der Waals surface area contributed by atoms with Gasteiger partial charge in [-0.1, -0.05) is 18.2 Å². The number of hydrogen-bond donors (Lipinski definition) is 2. The van der Waals surface area contributed by atoms with Gasteiger partial charge in [-0.15, -0.1) is 0 Å². The quantitative estimate of drug-likeness (QED) is 0.877. The van der Waals surface area contributed by atoms with Gasteiger partial charge in [-0.25, -0.2) is 0 Å². The lowest BCUT2D eigenvalue weighted by Crippen LogP contribution is -2.21. The first-order chi connectivity index (χ1) is 9.28. The molecule has 2 aromatic rings. The zero-order valence-electron chi connectivity index (χ0n) is 10.3. The van der Waals surface area contributed by atoms with E-state index in [4.69, 9.17) is 5.26 Å². The first-order valence-electron chi connectivity index (χ1n) is 5.87. The Kier molecular flexibility index (Phi) is 4.14. The predicted molar refractivity (Wildman–Crippen MR) is 74.7 cm³/mol. The van der Waals surface area contributed by atoms with Crippen LogP contribution in [0.3, 0.4) is 0 Å². The molecule has 0 saturated heterocycles. The van der Waals surface area contributed by atoms with Crippen LogP contribution in [0.25, 0.3) is 0 Å². The maximum absolute atomic E-state index is 11.7. The van der Waals surface area contributed by atoms with Crippen molar-refractivity contribution in [2.45, 2.75) is 0 Å². The lowest BCUT2D eigenvalue weighted by Gasteiger charge is -2.07. The number of benzene rings is 2. The fourth-order valence-corrected chi connectivity index (χ4v) is 1.57. The van der Waals surface area contributed by atoms with Crippen molar-refractivity contribution in [2.75, 3.05) is 17.2 Å². The second-order valence-corrected chi connectivity index (χ2v) is 3.96. The van der Waals surface area contributed by atoms with Crippen molar-refractivity contribution in [1.82, 2.24) is 0 Å². The molecule has 4 heteroatoms. The number of carbonyl (C=O) groups is 1. The molecule has 0 aliphatic heterocycles. The molecule has 0 spiro atoms. The molecule has 94 valence electrons. The highest BCUT2D eigenvalue weighted by Crippen LogP contribution is 2.09. The van der Waals surface area contributed by atoms with Crippen LogP contribution in [0.2, 0.25) is 0 Å². The first-order valence-corrected chi connectivity index (χ1v) is 5.87. The molecule has 0 bridgehead atoms. The van der Waals surface area contributed by atoms with Crippen LogP contribution in [0.15, 0.2) is 54.6 Å². The number of carbonyl (C=O) groups excluding carboxylic acids is 1. The molecule has 0 heterocycles. The molecule has 2 aromatic carbocycles. The summed E-state index contributed by atoms with van der Waals surface area (Å²) in [6.45, 7) is 0.181. The minimum absolute atomic E-state index is 0.115.